The van der Waals surface area contributed by atoms with E-state index in [2.05, 4.69) is 5.32 Å². The Balaban J connectivity index is 1.96. The molecule has 0 saturated carbocycles. The summed E-state index contributed by atoms with van der Waals surface area (Å²) in [4.78, 5) is 24.8. The molecule has 7 nitrogen and oxygen atoms in total. The molecule has 1 saturated heterocycles. The summed E-state index contributed by atoms with van der Waals surface area (Å²) in [6, 6.07) is 2.75. The Kier molecular flexibility index (Phi) is 4.62. The van der Waals surface area contributed by atoms with Gasteiger partial charge < -0.3 is 24.5 Å². The Labute approximate surface area is 116 Å². The molecule has 0 spiro atoms. The minimum atomic E-state index is -0.940. The summed E-state index contributed by atoms with van der Waals surface area (Å²) in [7, 11) is 0. The van der Waals surface area contributed by atoms with Crippen LogP contribution in [0.25, 0.3) is 0 Å². The Morgan fingerprint density at radius 2 is 2.30 bits per heavy atom. The van der Waals surface area contributed by atoms with E-state index in [4.69, 9.17) is 14.3 Å². The van der Waals surface area contributed by atoms with Crippen LogP contribution >= 0.6 is 0 Å². The van der Waals surface area contributed by atoms with Gasteiger partial charge in [-0.2, -0.15) is 0 Å². The smallest absolute Gasteiger partial charge is 0.318 e. The van der Waals surface area contributed by atoms with Crippen LogP contribution in [0.3, 0.4) is 0 Å². The monoisotopic (exact) mass is 282 g/mol. The molecule has 20 heavy (non-hydrogen) atoms. The summed E-state index contributed by atoms with van der Waals surface area (Å²) in [6.07, 6.45) is 1.53. The van der Waals surface area contributed by atoms with Crippen molar-refractivity contribution in [2.45, 2.75) is 19.5 Å². The van der Waals surface area contributed by atoms with Gasteiger partial charge in [-0.1, -0.05) is 0 Å². The van der Waals surface area contributed by atoms with Crippen LogP contribution < -0.4 is 5.32 Å². The molecule has 1 fully saturated rings. The van der Waals surface area contributed by atoms with Crippen LogP contribution in [0.4, 0.5) is 4.79 Å². The van der Waals surface area contributed by atoms with Crippen LogP contribution in [0.5, 0.6) is 0 Å². The first-order valence-electron chi connectivity index (χ1n) is 6.51. The zero-order valence-electron chi connectivity index (χ0n) is 11.2. The normalized spacial score (nSPS) is 21.6. The zero-order chi connectivity index (χ0) is 14.5. The van der Waals surface area contributed by atoms with E-state index in [-0.39, 0.29) is 25.8 Å². The van der Waals surface area contributed by atoms with Crippen LogP contribution in [-0.2, 0) is 16.1 Å². The standard InChI is InChI=1S/C13H18N2O5/c1-2-15(11-8-19-7-10(11)12(16)17)13(18)14-6-9-4-3-5-20-9/h3-5,10-11H,2,6-8H2,1H3,(H,14,18)(H,16,17). The molecular formula is C13H18N2O5. The molecule has 1 aromatic heterocycles. The number of hydrogen-bond donors (Lipinski definition) is 2. The summed E-state index contributed by atoms with van der Waals surface area (Å²) in [5, 5.41) is 11.9. The van der Waals surface area contributed by atoms with E-state index in [0.717, 1.165) is 0 Å². The molecule has 2 heterocycles. The van der Waals surface area contributed by atoms with Crippen LogP contribution in [0, 0.1) is 5.92 Å². The van der Waals surface area contributed by atoms with Crippen molar-refractivity contribution in [3.05, 3.63) is 24.2 Å². The largest absolute Gasteiger partial charge is 0.481 e. The molecule has 7 heteroatoms. The summed E-state index contributed by atoms with van der Waals surface area (Å²) >= 11 is 0. The number of hydrogen-bond acceptors (Lipinski definition) is 4. The number of carbonyl (C=O) groups excluding carboxylic acids is 1. The summed E-state index contributed by atoms with van der Waals surface area (Å²) < 4.78 is 10.3. The maximum atomic E-state index is 12.1. The highest BCUT2D eigenvalue weighted by Gasteiger charge is 2.39. The molecule has 1 aliphatic heterocycles. The quantitative estimate of drug-likeness (QED) is 0.837. The molecule has 1 aliphatic rings. The number of nitrogens with one attached hydrogen (secondary N) is 1. The molecule has 2 amide bonds. The minimum Gasteiger partial charge on any atom is -0.481 e. The highest BCUT2D eigenvalue weighted by atomic mass is 16.5. The van der Waals surface area contributed by atoms with Crippen molar-refractivity contribution in [2.75, 3.05) is 19.8 Å². The first-order valence-corrected chi connectivity index (χ1v) is 6.51. The SMILES string of the molecule is CCN(C(=O)NCc1ccco1)C1COCC1C(=O)O. The van der Waals surface area contributed by atoms with Crippen molar-refractivity contribution >= 4 is 12.0 Å². The van der Waals surface area contributed by atoms with Crippen molar-refractivity contribution < 1.29 is 23.8 Å². The lowest BCUT2D eigenvalue weighted by molar-refractivity contribution is -0.142. The third-order valence-electron chi connectivity index (χ3n) is 3.36. The Morgan fingerprint density at radius 3 is 2.90 bits per heavy atom. The molecule has 0 bridgehead atoms. The van der Waals surface area contributed by atoms with Crippen LogP contribution in [-0.4, -0.2) is 47.8 Å². The molecule has 2 N–H and O–H groups in total. The fourth-order valence-electron chi connectivity index (χ4n) is 2.29. The summed E-state index contributed by atoms with van der Waals surface area (Å²) in [6.45, 7) is 2.89. The van der Waals surface area contributed by atoms with Gasteiger partial charge in [0.25, 0.3) is 0 Å². The van der Waals surface area contributed by atoms with Gasteiger partial charge >= 0.3 is 12.0 Å². The molecule has 2 atom stereocenters. The topological polar surface area (TPSA) is 92.0 Å². The number of rotatable bonds is 5. The molecule has 0 aromatic carbocycles. The van der Waals surface area contributed by atoms with Crippen molar-refractivity contribution in [3.8, 4) is 0 Å². The number of nitrogens with zero attached hydrogens (tertiary/aromatic N) is 1. The molecule has 110 valence electrons. The second-order valence-corrected chi connectivity index (χ2v) is 4.57. The number of carbonyl (C=O) groups is 2. The van der Waals surface area contributed by atoms with E-state index in [0.29, 0.717) is 12.3 Å². The number of aliphatic carboxylic acids is 1. The average molecular weight is 282 g/mol. The maximum absolute atomic E-state index is 12.1. The second kappa shape index (κ2) is 6.42. The molecule has 1 aromatic rings. The second-order valence-electron chi connectivity index (χ2n) is 4.57. The third kappa shape index (κ3) is 3.11. The summed E-state index contributed by atoms with van der Waals surface area (Å²) in [5.74, 6) is -0.971. The number of carboxylic acids is 1. The molecule has 2 rings (SSSR count). The number of likely N-dealkylation sites (N-methyl/N-ethyl adjacent to an activating group) is 1. The Morgan fingerprint density at radius 1 is 1.50 bits per heavy atom. The average Bonchev–Trinajstić information content (AvgIpc) is 3.08. The van der Waals surface area contributed by atoms with E-state index in [1.54, 1.807) is 12.1 Å². The summed E-state index contributed by atoms with van der Waals surface area (Å²) in [5.41, 5.74) is 0. The maximum Gasteiger partial charge on any atom is 0.318 e. The van der Waals surface area contributed by atoms with E-state index < -0.39 is 17.9 Å². The van der Waals surface area contributed by atoms with Gasteiger partial charge in [0.1, 0.15) is 11.7 Å². The molecule has 2 unspecified atom stereocenters. The number of carboxylic acid groups (broad SMARTS) is 1. The van der Waals surface area contributed by atoms with Crippen molar-refractivity contribution in [3.63, 3.8) is 0 Å². The van der Waals surface area contributed by atoms with Gasteiger partial charge in [0.05, 0.1) is 32.1 Å². The molecule has 0 aliphatic carbocycles. The number of amides is 2. The van der Waals surface area contributed by atoms with Crippen LogP contribution in [0.2, 0.25) is 0 Å². The minimum absolute atomic E-state index is 0.141. The van der Waals surface area contributed by atoms with Gasteiger partial charge in [-0.15, -0.1) is 0 Å². The van der Waals surface area contributed by atoms with Gasteiger partial charge in [0, 0.05) is 6.54 Å². The van der Waals surface area contributed by atoms with Gasteiger partial charge in [-0.25, -0.2) is 4.79 Å². The highest BCUT2D eigenvalue weighted by molar-refractivity contribution is 5.77. The van der Waals surface area contributed by atoms with E-state index >= 15 is 0 Å². The van der Waals surface area contributed by atoms with Crippen molar-refractivity contribution in [1.29, 1.82) is 0 Å². The number of urea groups is 1. The van der Waals surface area contributed by atoms with Gasteiger partial charge in [-0.3, -0.25) is 4.79 Å². The molecular weight excluding hydrogens is 264 g/mol. The highest BCUT2D eigenvalue weighted by Crippen LogP contribution is 2.20. The van der Waals surface area contributed by atoms with Crippen molar-refractivity contribution in [2.24, 2.45) is 5.92 Å². The fourth-order valence-corrected chi connectivity index (χ4v) is 2.29. The first kappa shape index (κ1) is 14.4. The zero-order valence-corrected chi connectivity index (χ0v) is 11.2. The van der Waals surface area contributed by atoms with Crippen molar-refractivity contribution in [1.82, 2.24) is 10.2 Å². The lowest BCUT2D eigenvalue weighted by atomic mass is 10.0. The Bertz CT molecular complexity index is 459. The Hall–Kier alpha value is -2.02. The number of ether oxygens (including phenoxy) is 1. The predicted octanol–water partition coefficient (Wildman–Crippen LogP) is 0.911. The third-order valence-corrected chi connectivity index (χ3v) is 3.36. The van der Waals surface area contributed by atoms with Gasteiger partial charge in [-0.05, 0) is 19.1 Å². The van der Waals surface area contributed by atoms with E-state index in [9.17, 15) is 9.59 Å². The lowest BCUT2D eigenvalue weighted by Gasteiger charge is -2.29. The predicted molar refractivity (Wildman–Crippen MR) is 69.1 cm³/mol. The van der Waals surface area contributed by atoms with Gasteiger partial charge in [0.2, 0.25) is 0 Å². The first-order chi connectivity index (χ1) is 9.63. The van der Waals surface area contributed by atoms with Crippen LogP contribution in [0.15, 0.2) is 22.8 Å². The number of furan rings is 1. The van der Waals surface area contributed by atoms with Crippen LogP contribution in [0.1, 0.15) is 12.7 Å². The molecule has 0 radical (unpaired) electrons. The van der Waals surface area contributed by atoms with E-state index in [1.165, 1.54) is 11.2 Å². The fraction of sp³-hybridized carbons (Fsp3) is 0.538. The van der Waals surface area contributed by atoms with Gasteiger partial charge in [0.15, 0.2) is 0 Å². The van der Waals surface area contributed by atoms with E-state index in [1.807, 2.05) is 6.92 Å². The lowest BCUT2D eigenvalue weighted by Crippen LogP contribution is -2.50.